The van der Waals surface area contributed by atoms with Crippen LogP contribution in [0, 0.1) is 0 Å². The molecule has 13 aromatic rings. The Morgan fingerprint density at radius 1 is 0.305 bits per heavy atom. The minimum Gasteiger partial charge on any atom is -0.456 e. The lowest BCUT2D eigenvalue weighted by molar-refractivity contribution is 0.669. The summed E-state index contributed by atoms with van der Waals surface area (Å²) in [5.74, 6) is 0. The first-order valence-corrected chi connectivity index (χ1v) is 21.7. The summed E-state index contributed by atoms with van der Waals surface area (Å²) in [6, 6.07) is 71.2. The molecule has 0 saturated heterocycles. The van der Waals surface area contributed by atoms with Crippen molar-refractivity contribution in [3.05, 3.63) is 194 Å². The Hall–Kier alpha value is -7.04. The Labute approximate surface area is 347 Å². The third-order valence-corrected chi connectivity index (χ3v) is 14.6. The molecule has 0 unspecified atom stereocenters. The topological polar surface area (TPSA) is 13.1 Å². The highest BCUT2D eigenvalue weighted by Crippen LogP contribution is 2.51. The van der Waals surface area contributed by atoms with Gasteiger partial charge in [-0.1, -0.05) is 152 Å². The van der Waals surface area contributed by atoms with Crippen molar-refractivity contribution in [2.24, 2.45) is 0 Å². The van der Waals surface area contributed by atoms with Crippen LogP contribution >= 0.6 is 22.7 Å². The normalized spacial score (nSPS) is 12.1. The molecule has 0 radical (unpaired) electrons. The van der Waals surface area contributed by atoms with Gasteiger partial charge in [0, 0.05) is 51.5 Å². The number of thiophene rings is 2. The van der Waals surface area contributed by atoms with Crippen molar-refractivity contribution in [1.29, 1.82) is 0 Å². The predicted molar refractivity (Wildman–Crippen MR) is 256 cm³/mol. The van der Waals surface area contributed by atoms with Crippen molar-refractivity contribution in [2.45, 2.75) is 0 Å². The number of hydrogen-bond acceptors (Lipinski definition) is 3. The standard InChI is InChI=1S/C56H32OS2/c1-3-13-33(14-4-1)53-54-50(59-55(53)34-15-5-2-6-16-34)28-26-44-46-30-37(24-27-49(46)58-56(44)54)51-40-19-9-11-21-42(40)52(43-22-12-10-20-41(43)51)38-23-25-39-45-29-35-17-7-8-18-36(35)31-48(45)57-47(39)32-38/h1-32H. The van der Waals surface area contributed by atoms with E-state index in [1.807, 2.05) is 22.7 Å². The van der Waals surface area contributed by atoms with E-state index in [0.717, 1.165) is 27.5 Å². The second kappa shape index (κ2) is 12.7. The molecule has 0 saturated carbocycles. The predicted octanol–water partition coefficient (Wildman–Crippen LogP) is 17.3. The van der Waals surface area contributed by atoms with E-state index < -0.39 is 0 Å². The van der Waals surface area contributed by atoms with Crippen LogP contribution in [0.15, 0.2) is 199 Å². The molecule has 0 spiro atoms. The molecule has 3 heteroatoms. The van der Waals surface area contributed by atoms with E-state index in [-0.39, 0.29) is 0 Å². The highest BCUT2D eigenvalue weighted by atomic mass is 32.1. The molecule has 0 aliphatic rings. The van der Waals surface area contributed by atoms with Crippen LogP contribution in [0.2, 0.25) is 0 Å². The summed E-state index contributed by atoms with van der Waals surface area (Å²) in [7, 11) is 0. The molecule has 10 aromatic carbocycles. The molecule has 0 bridgehead atoms. The van der Waals surface area contributed by atoms with Crippen molar-refractivity contribution in [3.63, 3.8) is 0 Å². The number of benzene rings is 10. The zero-order chi connectivity index (χ0) is 38.6. The fourth-order valence-electron chi connectivity index (χ4n) is 9.61. The second-order valence-corrected chi connectivity index (χ2v) is 17.6. The minimum atomic E-state index is 0.908. The van der Waals surface area contributed by atoms with Crippen molar-refractivity contribution >= 4 is 107 Å². The van der Waals surface area contributed by atoms with Crippen LogP contribution in [0.4, 0.5) is 0 Å². The highest BCUT2D eigenvalue weighted by Gasteiger charge is 2.22. The molecule has 0 amide bonds. The first kappa shape index (κ1) is 33.0. The van der Waals surface area contributed by atoms with E-state index in [2.05, 4.69) is 194 Å². The van der Waals surface area contributed by atoms with Crippen molar-refractivity contribution in [2.75, 3.05) is 0 Å². The third kappa shape index (κ3) is 4.96. The summed E-state index contributed by atoms with van der Waals surface area (Å²) in [6.45, 7) is 0. The summed E-state index contributed by atoms with van der Waals surface area (Å²) in [4.78, 5) is 1.32. The van der Waals surface area contributed by atoms with Crippen LogP contribution in [0.25, 0.3) is 128 Å². The second-order valence-electron chi connectivity index (χ2n) is 15.5. The molecule has 0 atom stereocenters. The lowest BCUT2D eigenvalue weighted by Gasteiger charge is -2.18. The Bertz CT molecular complexity index is 3770. The van der Waals surface area contributed by atoms with Crippen molar-refractivity contribution < 1.29 is 4.42 Å². The van der Waals surface area contributed by atoms with Crippen molar-refractivity contribution in [1.82, 2.24) is 0 Å². The summed E-state index contributed by atoms with van der Waals surface area (Å²) >= 11 is 3.82. The fraction of sp³-hybridized carbons (Fsp3) is 0. The Balaban J connectivity index is 1.03. The van der Waals surface area contributed by atoms with Crippen molar-refractivity contribution in [3.8, 4) is 43.8 Å². The first-order valence-electron chi connectivity index (χ1n) is 20.1. The molecule has 1 nitrogen and oxygen atoms in total. The van der Waals surface area contributed by atoms with Gasteiger partial charge in [0.1, 0.15) is 11.2 Å². The first-order chi connectivity index (χ1) is 29.2. The van der Waals surface area contributed by atoms with Gasteiger partial charge in [0.05, 0.1) is 0 Å². The maximum absolute atomic E-state index is 6.59. The molecule has 3 aromatic heterocycles. The zero-order valence-corrected chi connectivity index (χ0v) is 33.3. The van der Waals surface area contributed by atoms with Gasteiger partial charge in [-0.05, 0) is 108 Å². The van der Waals surface area contributed by atoms with Gasteiger partial charge in [0.25, 0.3) is 0 Å². The van der Waals surface area contributed by atoms with Gasteiger partial charge < -0.3 is 4.42 Å². The van der Waals surface area contributed by atoms with Gasteiger partial charge in [0.15, 0.2) is 0 Å². The number of rotatable bonds is 4. The summed E-state index contributed by atoms with van der Waals surface area (Å²) in [5.41, 5.74) is 10.6. The van der Waals surface area contributed by atoms with E-state index in [1.165, 1.54) is 101 Å². The number of furan rings is 1. The molecule has 274 valence electrons. The monoisotopic (exact) mass is 784 g/mol. The summed E-state index contributed by atoms with van der Waals surface area (Å²) in [6.07, 6.45) is 0. The highest BCUT2D eigenvalue weighted by molar-refractivity contribution is 7.28. The van der Waals surface area contributed by atoms with Gasteiger partial charge in [-0.3, -0.25) is 0 Å². The molecular weight excluding hydrogens is 753 g/mol. The average Bonchev–Trinajstić information content (AvgIpc) is 3.98. The van der Waals surface area contributed by atoms with Crippen LogP contribution in [-0.4, -0.2) is 0 Å². The van der Waals surface area contributed by atoms with Crippen LogP contribution < -0.4 is 0 Å². The summed E-state index contributed by atoms with van der Waals surface area (Å²) < 4.78 is 10.6. The third-order valence-electron chi connectivity index (χ3n) is 12.2. The van der Waals surface area contributed by atoms with E-state index in [4.69, 9.17) is 4.42 Å². The Morgan fingerprint density at radius 3 is 1.54 bits per heavy atom. The van der Waals surface area contributed by atoms with E-state index in [9.17, 15) is 0 Å². The van der Waals surface area contributed by atoms with Gasteiger partial charge in [-0.2, -0.15) is 0 Å². The van der Waals surface area contributed by atoms with E-state index in [0.29, 0.717) is 0 Å². The van der Waals surface area contributed by atoms with Gasteiger partial charge in [0.2, 0.25) is 0 Å². The van der Waals surface area contributed by atoms with Crippen LogP contribution in [0.1, 0.15) is 0 Å². The van der Waals surface area contributed by atoms with E-state index >= 15 is 0 Å². The molecular formula is C56H32OS2. The quantitative estimate of drug-likeness (QED) is 0.162. The average molecular weight is 785 g/mol. The SMILES string of the molecule is c1ccc(-c2sc3ccc4c5cc(-c6c7ccccc7c(-c7ccc8c(c7)oc7cc9ccccc9cc78)c7ccccc67)ccc5sc4c3c2-c2ccccc2)cc1. The summed E-state index contributed by atoms with van der Waals surface area (Å²) in [5, 5.41) is 13.6. The maximum Gasteiger partial charge on any atom is 0.136 e. The molecule has 59 heavy (non-hydrogen) atoms. The molecule has 13 rings (SSSR count). The van der Waals surface area contributed by atoms with Gasteiger partial charge >= 0.3 is 0 Å². The molecule has 0 aliphatic carbocycles. The molecule has 0 fully saturated rings. The zero-order valence-electron chi connectivity index (χ0n) is 31.7. The number of hydrogen-bond donors (Lipinski definition) is 0. The van der Waals surface area contributed by atoms with Crippen LogP contribution in [0.5, 0.6) is 0 Å². The molecule has 3 heterocycles. The Morgan fingerprint density at radius 2 is 0.847 bits per heavy atom. The molecule has 0 N–H and O–H groups in total. The lowest BCUT2D eigenvalue weighted by Crippen LogP contribution is -1.90. The lowest BCUT2D eigenvalue weighted by atomic mass is 9.85. The van der Waals surface area contributed by atoms with Crippen LogP contribution in [-0.2, 0) is 0 Å². The Kier molecular flexibility index (Phi) is 7.12. The molecule has 0 aliphatic heterocycles. The number of fused-ring (bicyclic) bond motifs is 11. The van der Waals surface area contributed by atoms with Gasteiger partial charge in [-0.15, -0.1) is 22.7 Å². The largest absolute Gasteiger partial charge is 0.456 e. The minimum absolute atomic E-state index is 0.908. The smallest absolute Gasteiger partial charge is 0.136 e. The fourth-order valence-corrected chi connectivity index (χ4v) is 12.2. The maximum atomic E-state index is 6.59. The van der Waals surface area contributed by atoms with Crippen LogP contribution in [0.3, 0.4) is 0 Å². The van der Waals surface area contributed by atoms with E-state index in [1.54, 1.807) is 0 Å². The van der Waals surface area contributed by atoms with Gasteiger partial charge in [-0.25, -0.2) is 0 Å².